The lowest BCUT2D eigenvalue weighted by Gasteiger charge is -2.10. The number of nitro groups is 1. The van der Waals surface area contributed by atoms with Gasteiger partial charge in [0.15, 0.2) is 5.82 Å². The summed E-state index contributed by atoms with van der Waals surface area (Å²) in [6.45, 7) is 1.61. The molecule has 112 valence electrons. The van der Waals surface area contributed by atoms with E-state index in [9.17, 15) is 23.3 Å². The lowest BCUT2D eigenvalue weighted by Crippen LogP contribution is -2.10. The Labute approximate surface area is 115 Å². The minimum absolute atomic E-state index is 0.0342. The van der Waals surface area contributed by atoms with Crippen LogP contribution in [-0.4, -0.2) is 15.1 Å². The fourth-order valence-electron chi connectivity index (χ4n) is 1.63. The molecule has 0 bridgehead atoms. The van der Waals surface area contributed by atoms with Gasteiger partial charge < -0.3 is 9.84 Å². The molecule has 1 aromatic carbocycles. The Balaban J connectivity index is 2.23. The molecule has 0 spiro atoms. The zero-order valence-corrected chi connectivity index (χ0v) is 10.6. The first-order valence-corrected chi connectivity index (χ1v) is 5.66. The summed E-state index contributed by atoms with van der Waals surface area (Å²) in [5.74, 6) is 0.589. The van der Waals surface area contributed by atoms with Crippen LogP contribution in [-0.2, 0) is 12.7 Å². The van der Waals surface area contributed by atoms with Gasteiger partial charge in [0.2, 0.25) is 5.89 Å². The van der Waals surface area contributed by atoms with Crippen molar-refractivity contribution in [2.75, 3.05) is 5.32 Å². The second-order valence-corrected chi connectivity index (χ2v) is 4.07. The smallest absolute Gasteiger partial charge is 0.378 e. The second kappa shape index (κ2) is 5.38. The van der Waals surface area contributed by atoms with Crippen molar-refractivity contribution in [3.8, 4) is 0 Å². The summed E-state index contributed by atoms with van der Waals surface area (Å²) in [6.07, 6.45) is -4.82. The van der Waals surface area contributed by atoms with Gasteiger partial charge in [0, 0.05) is 18.7 Å². The van der Waals surface area contributed by atoms with Crippen molar-refractivity contribution in [3.05, 3.63) is 45.6 Å². The number of hydrogen-bond acceptors (Lipinski definition) is 6. The van der Waals surface area contributed by atoms with Crippen LogP contribution in [0.25, 0.3) is 0 Å². The van der Waals surface area contributed by atoms with E-state index in [1.807, 2.05) is 0 Å². The molecule has 0 aliphatic carbocycles. The molecule has 0 fully saturated rings. The highest BCUT2D eigenvalue weighted by atomic mass is 19.4. The van der Waals surface area contributed by atoms with Gasteiger partial charge in [0.25, 0.3) is 5.69 Å². The molecule has 0 radical (unpaired) electrons. The van der Waals surface area contributed by atoms with E-state index in [4.69, 9.17) is 4.52 Å². The number of aryl methyl sites for hydroxylation is 1. The molecule has 0 saturated heterocycles. The van der Waals surface area contributed by atoms with Crippen LogP contribution in [0.2, 0.25) is 0 Å². The summed E-state index contributed by atoms with van der Waals surface area (Å²) in [5.41, 5.74) is -2.25. The Morgan fingerprint density at radius 1 is 1.43 bits per heavy atom. The van der Waals surface area contributed by atoms with Gasteiger partial charge in [-0.15, -0.1) is 0 Å². The Kier molecular flexibility index (Phi) is 3.78. The normalized spacial score (nSPS) is 11.4. The summed E-state index contributed by atoms with van der Waals surface area (Å²) in [7, 11) is 0. The largest absolute Gasteiger partial charge is 0.423 e. The van der Waals surface area contributed by atoms with E-state index in [0.717, 1.165) is 6.07 Å². The molecule has 0 unspecified atom stereocenters. The highest BCUT2D eigenvalue weighted by Crippen LogP contribution is 2.37. The maximum absolute atomic E-state index is 12.8. The molecule has 21 heavy (non-hydrogen) atoms. The van der Waals surface area contributed by atoms with Gasteiger partial charge in [-0.1, -0.05) is 5.16 Å². The van der Waals surface area contributed by atoms with E-state index < -0.39 is 22.4 Å². The lowest BCUT2D eigenvalue weighted by atomic mass is 10.1. The molecule has 0 saturated carbocycles. The van der Waals surface area contributed by atoms with Crippen LogP contribution in [0.3, 0.4) is 0 Å². The van der Waals surface area contributed by atoms with E-state index in [2.05, 4.69) is 15.5 Å². The number of nitrogens with zero attached hydrogens (tertiary/aromatic N) is 3. The number of nitro benzene ring substituents is 1. The van der Waals surface area contributed by atoms with Gasteiger partial charge in [-0.3, -0.25) is 10.1 Å². The monoisotopic (exact) mass is 302 g/mol. The average molecular weight is 302 g/mol. The molecule has 0 aliphatic heterocycles. The number of hydrogen-bond donors (Lipinski definition) is 1. The molecule has 1 heterocycles. The van der Waals surface area contributed by atoms with Crippen LogP contribution in [0.15, 0.2) is 22.7 Å². The van der Waals surface area contributed by atoms with Crippen LogP contribution in [0.1, 0.15) is 17.3 Å². The third-order valence-electron chi connectivity index (χ3n) is 2.52. The van der Waals surface area contributed by atoms with E-state index in [1.54, 1.807) is 6.92 Å². The van der Waals surface area contributed by atoms with E-state index in [-0.39, 0.29) is 18.1 Å². The number of anilines is 1. The number of rotatable bonds is 4. The molecule has 2 rings (SSSR count). The van der Waals surface area contributed by atoms with Crippen molar-refractivity contribution < 1.29 is 22.6 Å². The number of halogens is 3. The molecule has 2 aromatic rings. The average Bonchev–Trinajstić information content (AvgIpc) is 2.81. The molecule has 0 atom stereocenters. The fraction of sp³-hybridized carbons (Fsp3) is 0.273. The highest BCUT2D eigenvalue weighted by Gasteiger charge is 2.38. The third kappa shape index (κ3) is 3.46. The number of nitrogens with one attached hydrogen (secondary N) is 1. The Hall–Kier alpha value is -2.65. The van der Waals surface area contributed by atoms with Gasteiger partial charge >= 0.3 is 6.18 Å². The SMILES string of the molecule is Cc1nc(CNc2ccc([N+](=O)[O-])c(C(F)(F)F)c2)no1. The third-order valence-corrected chi connectivity index (χ3v) is 2.52. The minimum Gasteiger partial charge on any atom is -0.378 e. The molecule has 7 nitrogen and oxygen atoms in total. The summed E-state index contributed by atoms with van der Waals surface area (Å²) in [6, 6.07) is 2.65. The Morgan fingerprint density at radius 3 is 2.67 bits per heavy atom. The molecule has 10 heteroatoms. The first kappa shape index (κ1) is 14.8. The van der Waals surface area contributed by atoms with E-state index >= 15 is 0 Å². The van der Waals surface area contributed by atoms with Gasteiger partial charge in [-0.2, -0.15) is 18.2 Å². The lowest BCUT2D eigenvalue weighted by molar-refractivity contribution is -0.388. The van der Waals surface area contributed by atoms with Gasteiger partial charge in [0.1, 0.15) is 5.56 Å². The van der Waals surface area contributed by atoms with Crippen LogP contribution < -0.4 is 5.32 Å². The van der Waals surface area contributed by atoms with E-state index in [1.165, 1.54) is 6.07 Å². The summed E-state index contributed by atoms with van der Waals surface area (Å²) < 4.78 is 43.1. The first-order valence-electron chi connectivity index (χ1n) is 5.66. The van der Waals surface area contributed by atoms with Gasteiger partial charge in [0.05, 0.1) is 11.5 Å². The van der Waals surface area contributed by atoms with Crippen LogP contribution in [0, 0.1) is 17.0 Å². The molecule has 1 aromatic heterocycles. The van der Waals surface area contributed by atoms with Crippen LogP contribution in [0.4, 0.5) is 24.5 Å². The van der Waals surface area contributed by atoms with Crippen molar-refractivity contribution in [1.82, 2.24) is 10.1 Å². The molecule has 0 amide bonds. The van der Waals surface area contributed by atoms with Crippen molar-refractivity contribution >= 4 is 11.4 Å². The quantitative estimate of drug-likeness (QED) is 0.689. The fourth-order valence-corrected chi connectivity index (χ4v) is 1.63. The minimum atomic E-state index is -4.82. The summed E-state index contributed by atoms with van der Waals surface area (Å²) in [5, 5.41) is 16.8. The van der Waals surface area contributed by atoms with Crippen molar-refractivity contribution in [1.29, 1.82) is 0 Å². The first-order chi connectivity index (χ1) is 9.77. The number of benzene rings is 1. The number of alkyl halides is 3. The zero-order chi connectivity index (χ0) is 15.6. The Morgan fingerprint density at radius 2 is 2.14 bits per heavy atom. The van der Waals surface area contributed by atoms with Crippen molar-refractivity contribution in [2.45, 2.75) is 19.6 Å². The van der Waals surface area contributed by atoms with Crippen LogP contribution in [0.5, 0.6) is 0 Å². The second-order valence-electron chi connectivity index (χ2n) is 4.07. The van der Waals surface area contributed by atoms with E-state index in [0.29, 0.717) is 12.0 Å². The molecular formula is C11H9F3N4O3. The summed E-state index contributed by atoms with van der Waals surface area (Å²) >= 11 is 0. The maximum Gasteiger partial charge on any atom is 0.423 e. The standard InChI is InChI=1S/C11H9F3N4O3/c1-6-16-10(17-21-6)5-15-7-2-3-9(18(19)20)8(4-7)11(12,13)14/h2-4,15H,5H2,1H3. The highest BCUT2D eigenvalue weighted by molar-refractivity contribution is 5.55. The zero-order valence-electron chi connectivity index (χ0n) is 10.6. The number of aromatic nitrogens is 2. The maximum atomic E-state index is 12.8. The molecule has 1 N–H and O–H groups in total. The molecular weight excluding hydrogens is 293 g/mol. The van der Waals surface area contributed by atoms with Gasteiger partial charge in [-0.05, 0) is 12.1 Å². The van der Waals surface area contributed by atoms with Crippen LogP contribution >= 0.6 is 0 Å². The van der Waals surface area contributed by atoms with Crippen molar-refractivity contribution in [2.24, 2.45) is 0 Å². The van der Waals surface area contributed by atoms with Crippen molar-refractivity contribution in [3.63, 3.8) is 0 Å². The molecule has 0 aliphatic rings. The predicted octanol–water partition coefficient (Wildman–Crippen LogP) is 2.92. The Bertz CT molecular complexity index is 669. The topological polar surface area (TPSA) is 94.1 Å². The van der Waals surface area contributed by atoms with Gasteiger partial charge in [-0.25, -0.2) is 0 Å². The predicted molar refractivity (Wildman–Crippen MR) is 64.5 cm³/mol. The summed E-state index contributed by atoms with van der Waals surface area (Å²) in [4.78, 5) is 13.4.